The molecule has 3 heterocycles. The van der Waals surface area contributed by atoms with Crippen molar-refractivity contribution < 1.29 is 19.1 Å². The average Bonchev–Trinajstić information content (AvgIpc) is 3.36. The van der Waals surface area contributed by atoms with E-state index < -0.39 is 0 Å². The molecule has 1 aromatic carbocycles. The van der Waals surface area contributed by atoms with E-state index in [2.05, 4.69) is 11.4 Å². The van der Waals surface area contributed by atoms with Crippen LogP contribution in [0, 0.1) is 0 Å². The number of carbonyl (C=O) groups is 3. The van der Waals surface area contributed by atoms with Crippen molar-refractivity contribution >= 4 is 39.1 Å². The van der Waals surface area contributed by atoms with Crippen LogP contribution < -0.4 is 5.32 Å². The van der Waals surface area contributed by atoms with Gasteiger partial charge < -0.3 is 19.9 Å². The lowest BCUT2D eigenvalue weighted by Crippen LogP contribution is -2.40. The Labute approximate surface area is 173 Å². The Morgan fingerprint density at radius 2 is 1.90 bits per heavy atom. The molecule has 2 saturated heterocycles. The van der Waals surface area contributed by atoms with E-state index in [1.807, 2.05) is 23.1 Å². The lowest BCUT2D eigenvalue weighted by Gasteiger charge is -2.27. The minimum absolute atomic E-state index is 0.0198. The van der Waals surface area contributed by atoms with Crippen molar-refractivity contribution in [3.8, 4) is 0 Å². The van der Waals surface area contributed by atoms with Crippen LogP contribution in [0.4, 0.5) is 0 Å². The molecule has 0 saturated carbocycles. The van der Waals surface area contributed by atoms with E-state index in [4.69, 9.17) is 4.74 Å². The Morgan fingerprint density at radius 3 is 2.66 bits per heavy atom. The summed E-state index contributed by atoms with van der Waals surface area (Å²) in [5.41, 5.74) is 1.07. The molecule has 0 aliphatic carbocycles. The molecule has 4 rings (SSSR count). The van der Waals surface area contributed by atoms with Gasteiger partial charge in [-0.3, -0.25) is 14.4 Å². The fourth-order valence-electron chi connectivity index (χ4n) is 4.07. The predicted octanol–water partition coefficient (Wildman–Crippen LogP) is 1.83. The Kier molecular flexibility index (Phi) is 5.82. The highest BCUT2D eigenvalue weighted by Crippen LogP contribution is 2.40. The lowest BCUT2D eigenvalue weighted by molar-refractivity contribution is -0.131. The predicted molar refractivity (Wildman–Crippen MR) is 111 cm³/mol. The van der Waals surface area contributed by atoms with Gasteiger partial charge in [0.15, 0.2) is 0 Å². The van der Waals surface area contributed by atoms with Gasteiger partial charge in [0.2, 0.25) is 11.8 Å². The Hall–Kier alpha value is -2.45. The molecule has 0 bridgehead atoms. The second-order valence-corrected chi connectivity index (χ2v) is 8.53. The second-order valence-electron chi connectivity index (χ2n) is 7.48. The van der Waals surface area contributed by atoms with E-state index in [0.717, 1.165) is 26.9 Å². The van der Waals surface area contributed by atoms with Crippen molar-refractivity contribution in [1.29, 1.82) is 0 Å². The fourth-order valence-corrected chi connectivity index (χ4v) is 5.33. The number of nitrogens with zero attached hydrogens (tertiary/aromatic N) is 2. The molecule has 1 N–H and O–H groups in total. The molecule has 8 heteroatoms. The molecule has 2 fully saturated rings. The fraction of sp³-hybridized carbons (Fsp3) is 0.476. The van der Waals surface area contributed by atoms with Gasteiger partial charge in [0.1, 0.15) is 0 Å². The van der Waals surface area contributed by atoms with E-state index in [9.17, 15) is 14.4 Å². The minimum Gasteiger partial charge on any atom is -0.378 e. The number of amides is 3. The third-order valence-corrected chi connectivity index (χ3v) is 6.74. The monoisotopic (exact) mass is 415 g/mol. The molecule has 2 aliphatic heterocycles. The van der Waals surface area contributed by atoms with Crippen molar-refractivity contribution in [3.63, 3.8) is 0 Å². The number of morpholine rings is 1. The standard InChI is InChI=1S/C21H25N3O4S/c1-14(25)22-12-18(26)24-7-6-15(13-24)19-16-4-2-3-5-17(16)29-20(19)21(27)23-8-10-28-11-9-23/h2-5,15H,6-13H2,1H3,(H,22,25). The number of hydrogen-bond acceptors (Lipinski definition) is 5. The molecular weight excluding hydrogens is 390 g/mol. The van der Waals surface area contributed by atoms with Crippen LogP contribution in [0.5, 0.6) is 0 Å². The summed E-state index contributed by atoms with van der Waals surface area (Å²) in [6.07, 6.45) is 0.815. The molecule has 1 aromatic heterocycles. The average molecular weight is 416 g/mol. The summed E-state index contributed by atoms with van der Waals surface area (Å²) in [6, 6.07) is 8.10. The van der Waals surface area contributed by atoms with Crippen LogP contribution in [0.25, 0.3) is 10.1 Å². The van der Waals surface area contributed by atoms with Gasteiger partial charge in [-0.2, -0.15) is 0 Å². The Balaban J connectivity index is 1.60. The molecule has 1 atom stereocenters. The second kappa shape index (κ2) is 8.51. The molecule has 29 heavy (non-hydrogen) atoms. The van der Waals surface area contributed by atoms with Crippen molar-refractivity contribution in [2.45, 2.75) is 19.3 Å². The molecule has 1 unspecified atom stereocenters. The van der Waals surface area contributed by atoms with Crippen molar-refractivity contribution in [2.24, 2.45) is 0 Å². The van der Waals surface area contributed by atoms with E-state index in [1.165, 1.54) is 6.92 Å². The Morgan fingerprint density at radius 1 is 1.14 bits per heavy atom. The van der Waals surface area contributed by atoms with Crippen molar-refractivity contribution in [2.75, 3.05) is 45.9 Å². The third-order valence-electron chi connectivity index (χ3n) is 5.56. The highest BCUT2D eigenvalue weighted by atomic mass is 32.1. The van der Waals surface area contributed by atoms with Crippen LogP contribution in [0.15, 0.2) is 24.3 Å². The first-order valence-electron chi connectivity index (χ1n) is 9.95. The maximum atomic E-state index is 13.3. The van der Waals surface area contributed by atoms with Gasteiger partial charge in [0.05, 0.1) is 24.6 Å². The zero-order valence-electron chi connectivity index (χ0n) is 16.5. The van der Waals surface area contributed by atoms with Crippen LogP contribution in [0.2, 0.25) is 0 Å². The highest BCUT2D eigenvalue weighted by molar-refractivity contribution is 7.21. The molecule has 0 spiro atoms. The number of fused-ring (bicyclic) bond motifs is 1. The van der Waals surface area contributed by atoms with E-state index >= 15 is 0 Å². The number of nitrogens with one attached hydrogen (secondary N) is 1. The minimum atomic E-state index is -0.212. The van der Waals surface area contributed by atoms with Gasteiger partial charge >= 0.3 is 0 Å². The zero-order valence-corrected chi connectivity index (χ0v) is 17.3. The quantitative estimate of drug-likeness (QED) is 0.826. The smallest absolute Gasteiger partial charge is 0.264 e. The molecule has 0 radical (unpaired) electrons. The summed E-state index contributed by atoms with van der Waals surface area (Å²) in [5, 5.41) is 3.68. The van der Waals surface area contributed by atoms with Crippen LogP contribution in [0.3, 0.4) is 0 Å². The first kappa shape index (κ1) is 19.8. The number of rotatable bonds is 4. The number of thiophene rings is 1. The summed E-state index contributed by atoms with van der Waals surface area (Å²) in [7, 11) is 0. The molecule has 154 valence electrons. The van der Waals surface area contributed by atoms with E-state index in [1.54, 1.807) is 16.2 Å². The molecular formula is C21H25N3O4S. The first-order chi connectivity index (χ1) is 14.0. The number of benzene rings is 1. The van der Waals surface area contributed by atoms with Crippen LogP contribution in [-0.4, -0.2) is 73.5 Å². The van der Waals surface area contributed by atoms with Gasteiger partial charge in [-0.05, 0) is 23.4 Å². The summed E-state index contributed by atoms with van der Waals surface area (Å²) in [4.78, 5) is 41.3. The van der Waals surface area contributed by atoms with Crippen LogP contribution in [0.1, 0.15) is 34.5 Å². The topological polar surface area (TPSA) is 79.0 Å². The van der Waals surface area contributed by atoms with Gasteiger partial charge in [-0.25, -0.2) is 0 Å². The highest BCUT2D eigenvalue weighted by Gasteiger charge is 2.33. The summed E-state index contributed by atoms with van der Waals surface area (Å²) >= 11 is 1.54. The molecule has 7 nitrogen and oxygen atoms in total. The van der Waals surface area contributed by atoms with Crippen molar-refractivity contribution in [3.05, 3.63) is 34.7 Å². The summed E-state index contributed by atoms with van der Waals surface area (Å²) < 4.78 is 6.49. The molecule has 2 aromatic rings. The summed E-state index contributed by atoms with van der Waals surface area (Å²) in [6.45, 7) is 4.99. The maximum absolute atomic E-state index is 13.3. The third kappa shape index (κ3) is 4.13. The normalized spacial score (nSPS) is 19.6. The zero-order chi connectivity index (χ0) is 20.4. The first-order valence-corrected chi connectivity index (χ1v) is 10.8. The van der Waals surface area contributed by atoms with Gasteiger partial charge in [-0.1, -0.05) is 18.2 Å². The number of carbonyl (C=O) groups excluding carboxylic acids is 3. The van der Waals surface area contributed by atoms with Crippen LogP contribution >= 0.6 is 11.3 Å². The Bertz CT molecular complexity index is 935. The summed E-state index contributed by atoms with van der Waals surface area (Å²) in [5.74, 6) is -0.112. The van der Waals surface area contributed by atoms with E-state index in [0.29, 0.717) is 39.4 Å². The largest absolute Gasteiger partial charge is 0.378 e. The van der Waals surface area contributed by atoms with Gasteiger partial charge in [-0.15, -0.1) is 11.3 Å². The SMILES string of the molecule is CC(=O)NCC(=O)N1CCC(c2c(C(=O)N3CCOCC3)sc3ccccc23)C1. The van der Waals surface area contributed by atoms with E-state index in [-0.39, 0.29) is 30.2 Å². The van der Waals surface area contributed by atoms with Gasteiger partial charge in [0, 0.05) is 43.7 Å². The number of ether oxygens (including phenoxy) is 1. The lowest BCUT2D eigenvalue weighted by atomic mass is 9.94. The molecule has 3 amide bonds. The van der Waals surface area contributed by atoms with Crippen molar-refractivity contribution in [1.82, 2.24) is 15.1 Å². The number of hydrogen-bond donors (Lipinski definition) is 1. The maximum Gasteiger partial charge on any atom is 0.264 e. The van der Waals surface area contributed by atoms with Crippen LogP contribution in [-0.2, 0) is 14.3 Å². The number of likely N-dealkylation sites (tertiary alicyclic amines) is 1. The molecule has 2 aliphatic rings. The van der Waals surface area contributed by atoms with Gasteiger partial charge in [0.25, 0.3) is 5.91 Å².